The fourth-order valence-electron chi connectivity index (χ4n) is 3.63. The SMILES string of the molecule is O=S(=O)(c1ccc(Br)s1)N1CCCC1C1CCCCC1O. The molecule has 2 fully saturated rings. The zero-order chi connectivity index (χ0) is 15.0. The Balaban J connectivity index is 1.86. The van der Waals surface area contributed by atoms with E-state index in [1.807, 2.05) is 0 Å². The summed E-state index contributed by atoms with van der Waals surface area (Å²) in [6.45, 7) is 0.575. The van der Waals surface area contributed by atoms with Crippen LogP contribution >= 0.6 is 27.3 Å². The normalized spacial score (nSPS) is 31.6. The second kappa shape index (κ2) is 6.28. The second-order valence-corrected chi connectivity index (χ2v) is 10.5. The molecular formula is C14H20BrNO3S2. The summed E-state index contributed by atoms with van der Waals surface area (Å²) in [7, 11) is -3.43. The smallest absolute Gasteiger partial charge is 0.252 e. The minimum atomic E-state index is -3.43. The van der Waals surface area contributed by atoms with Gasteiger partial charge in [-0.3, -0.25) is 0 Å². The standard InChI is InChI=1S/C14H20BrNO3S2/c15-13-7-8-14(20-13)21(18,19)16-9-3-5-11(16)10-4-1-2-6-12(10)17/h7-8,10-12,17H,1-6,9H2. The molecule has 1 aliphatic carbocycles. The molecule has 2 aliphatic rings. The van der Waals surface area contributed by atoms with Crippen molar-refractivity contribution < 1.29 is 13.5 Å². The van der Waals surface area contributed by atoms with Crippen LogP contribution in [-0.2, 0) is 10.0 Å². The molecule has 118 valence electrons. The van der Waals surface area contributed by atoms with Gasteiger partial charge in [0, 0.05) is 18.5 Å². The molecular weight excluding hydrogens is 374 g/mol. The molecule has 3 unspecified atom stereocenters. The first-order chi connectivity index (χ1) is 10.00. The van der Waals surface area contributed by atoms with Crippen molar-refractivity contribution in [3.05, 3.63) is 15.9 Å². The van der Waals surface area contributed by atoms with E-state index in [9.17, 15) is 13.5 Å². The van der Waals surface area contributed by atoms with Crippen molar-refractivity contribution in [1.29, 1.82) is 0 Å². The van der Waals surface area contributed by atoms with Crippen LogP contribution in [0.25, 0.3) is 0 Å². The van der Waals surface area contributed by atoms with E-state index in [0.717, 1.165) is 42.3 Å². The summed E-state index contributed by atoms with van der Waals surface area (Å²) in [6.07, 6.45) is 5.29. The van der Waals surface area contributed by atoms with Gasteiger partial charge in [-0.15, -0.1) is 11.3 Å². The van der Waals surface area contributed by atoms with E-state index in [0.29, 0.717) is 10.8 Å². The van der Waals surface area contributed by atoms with E-state index in [1.165, 1.54) is 11.3 Å². The Morgan fingerprint density at radius 3 is 2.62 bits per heavy atom. The molecule has 0 aromatic carbocycles. The molecule has 4 nitrogen and oxygen atoms in total. The predicted molar refractivity (Wildman–Crippen MR) is 86.9 cm³/mol. The van der Waals surface area contributed by atoms with E-state index in [1.54, 1.807) is 16.4 Å². The van der Waals surface area contributed by atoms with E-state index < -0.39 is 10.0 Å². The Morgan fingerprint density at radius 2 is 1.95 bits per heavy atom. The number of halogens is 1. The maximum absolute atomic E-state index is 12.8. The van der Waals surface area contributed by atoms with Gasteiger partial charge >= 0.3 is 0 Å². The van der Waals surface area contributed by atoms with Crippen molar-refractivity contribution >= 4 is 37.3 Å². The summed E-state index contributed by atoms with van der Waals surface area (Å²) in [6, 6.07) is 3.40. The Kier molecular flexibility index (Phi) is 4.76. The van der Waals surface area contributed by atoms with Gasteiger partial charge < -0.3 is 5.11 Å². The Labute approximate surface area is 138 Å². The fourth-order valence-corrected chi connectivity index (χ4v) is 7.51. The third-order valence-electron chi connectivity index (χ3n) is 4.64. The summed E-state index contributed by atoms with van der Waals surface area (Å²) >= 11 is 4.59. The fraction of sp³-hybridized carbons (Fsp3) is 0.714. The van der Waals surface area contributed by atoms with Crippen LogP contribution in [0.2, 0.25) is 0 Å². The first-order valence-corrected chi connectivity index (χ1v) is 10.5. The van der Waals surface area contributed by atoms with Gasteiger partial charge in [0.2, 0.25) is 0 Å². The Morgan fingerprint density at radius 1 is 1.19 bits per heavy atom. The molecule has 0 amide bonds. The number of sulfonamides is 1. The van der Waals surface area contributed by atoms with Crippen LogP contribution in [0, 0.1) is 5.92 Å². The van der Waals surface area contributed by atoms with Crippen molar-refractivity contribution in [2.45, 2.75) is 54.9 Å². The lowest BCUT2D eigenvalue weighted by Crippen LogP contribution is -2.45. The van der Waals surface area contributed by atoms with Crippen molar-refractivity contribution in [2.24, 2.45) is 5.92 Å². The third-order valence-corrected chi connectivity index (χ3v) is 8.65. The first kappa shape index (κ1) is 15.9. The van der Waals surface area contributed by atoms with Crippen molar-refractivity contribution in [2.75, 3.05) is 6.54 Å². The molecule has 1 saturated carbocycles. The van der Waals surface area contributed by atoms with Gasteiger partial charge in [0.15, 0.2) is 0 Å². The predicted octanol–water partition coefficient (Wildman–Crippen LogP) is 3.21. The highest BCUT2D eigenvalue weighted by Crippen LogP contribution is 2.38. The molecule has 0 bridgehead atoms. The number of hydrogen-bond acceptors (Lipinski definition) is 4. The molecule has 7 heteroatoms. The largest absolute Gasteiger partial charge is 0.393 e. The van der Waals surface area contributed by atoms with Crippen molar-refractivity contribution in [3.63, 3.8) is 0 Å². The van der Waals surface area contributed by atoms with Gasteiger partial charge in [-0.1, -0.05) is 12.8 Å². The quantitative estimate of drug-likeness (QED) is 0.857. The van der Waals surface area contributed by atoms with Crippen LogP contribution in [0.15, 0.2) is 20.1 Å². The molecule has 2 heterocycles. The van der Waals surface area contributed by atoms with Crippen LogP contribution in [-0.4, -0.2) is 36.5 Å². The van der Waals surface area contributed by atoms with Gasteiger partial charge in [0.05, 0.1) is 9.89 Å². The molecule has 1 aromatic heterocycles. The molecule has 3 rings (SSSR count). The Bertz CT molecular complexity index is 601. The van der Waals surface area contributed by atoms with E-state index in [2.05, 4.69) is 15.9 Å². The Hall–Kier alpha value is 0.0500. The molecule has 0 radical (unpaired) electrons. The lowest BCUT2D eigenvalue weighted by Gasteiger charge is -2.36. The number of aliphatic hydroxyl groups excluding tert-OH is 1. The average Bonchev–Trinajstić information content (AvgIpc) is 3.08. The monoisotopic (exact) mass is 393 g/mol. The highest BCUT2D eigenvalue weighted by atomic mass is 79.9. The second-order valence-electron chi connectivity index (χ2n) is 5.90. The van der Waals surface area contributed by atoms with Crippen LogP contribution in [0.1, 0.15) is 38.5 Å². The summed E-state index contributed by atoms with van der Waals surface area (Å²) in [5.41, 5.74) is 0. The summed E-state index contributed by atoms with van der Waals surface area (Å²) < 4.78 is 28.5. The van der Waals surface area contributed by atoms with Crippen molar-refractivity contribution in [1.82, 2.24) is 4.31 Å². The average molecular weight is 394 g/mol. The van der Waals surface area contributed by atoms with Crippen LogP contribution < -0.4 is 0 Å². The van der Waals surface area contributed by atoms with Gasteiger partial charge in [0.1, 0.15) is 4.21 Å². The number of thiophene rings is 1. The van der Waals surface area contributed by atoms with Crippen molar-refractivity contribution in [3.8, 4) is 0 Å². The molecule has 1 saturated heterocycles. The number of hydrogen-bond donors (Lipinski definition) is 1. The van der Waals surface area contributed by atoms with Gasteiger partial charge in [-0.25, -0.2) is 8.42 Å². The molecule has 3 atom stereocenters. The van der Waals surface area contributed by atoms with E-state index in [-0.39, 0.29) is 18.1 Å². The minimum absolute atomic E-state index is 0.0359. The zero-order valence-corrected chi connectivity index (χ0v) is 15.0. The van der Waals surface area contributed by atoms with Crippen LogP contribution in [0.4, 0.5) is 0 Å². The van der Waals surface area contributed by atoms with Crippen LogP contribution in [0.5, 0.6) is 0 Å². The molecule has 1 aromatic rings. The number of nitrogens with zero attached hydrogens (tertiary/aromatic N) is 1. The summed E-state index contributed by atoms with van der Waals surface area (Å²) in [5, 5.41) is 10.3. The van der Waals surface area contributed by atoms with Gasteiger partial charge in [-0.05, 0) is 53.7 Å². The summed E-state index contributed by atoms with van der Waals surface area (Å²) in [5.74, 6) is 0.0967. The van der Waals surface area contributed by atoms with Crippen LogP contribution in [0.3, 0.4) is 0 Å². The number of aliphatic hydroxyl groups is 1. The van der Waals surface area contributed by atoms with E-state index >= 15 is 0 Å². The number of rotatable bonds is 3. The summed E-state index contributed by atoms with van der Waals surface area (Å²) in [4.78, 5) is 0. The molecule has 21 heavy (non-hydrogen) atoms. The first-order valence-electron chi connectivity index (χ1n) is 7.45. The topological polar surface area (TPSA) is 57.6 Å². The lowest BCUT2D eigenvalue weighted by molar-refractivity contribution is 0.0387. The molecule has 0 spiro atoms. The molecule has 1 aliphatic heterocycles. The molecule has 1 N–H and O–H groups in total. The maximum Gasteiger partial charge on any atom is 0.252 e. The lowest BCUT2D eigenvalue weighted by atomic mass is 9.81. The highest BCUT2D eigenvalue weighted by Gasteiger charge is 2.42. The maximum atomic E-state index is 12.8. The zero-order valence-electron chi connectivity index (χ0n) is 11.7. The van der Waals surface area contributed by atoms with Gasteiger partial charge in [-0.2, -0.15) is 4.31 Å². The third kappa shape index (κ3) is 3.08. The van der Waals surface area contributed by atoms with Gasteiger partial charge in [0.25, 0.3) is 10.0 Å². The highest BCUT2D eigenvalue weighted by molar-refractivity contribution is 9.11. The minimum Gasteiger partial charge on any atom is -0.393 e. The van der Waals surface area contributed by atoms with E-state index in [4.69, 9.17) is 0 Å².